The van der Waals surface area contributed by atoms with Gasteiger partial charge >= 0.3 is 0 Å². The summed E-state index contributed by atoms with van der Waals surface area (Å²) in [7, 11) is 0. The molecule has 0 atom stereocenters. The van der Waals surface area contributed by atoms with Crippen molar-refractivity contribution in [1.29, 1.82) is 0 Å². The minimum absolute atomic E-state index is 0.196. The van der Waals surface area contributed by atoms with Crippen LogP contribution in [0.3, 0.4) is 0 Å². The fourth-order valence-electron chi connectivity index (χ4n) is 1.69. The van der Waals surface area contributed by atoms with E-state index in [0.29, 0.717) is 21.7 Å². The van der Waals surface area contributed by atoms with Crippen LogP contribution in [0.15, 0.2) is 46.2 Å². The molecule has 0 spiro atoms. The molecule has 1 aromatic rings. The zero-order valence-electron chi connectivity index (χ0n) is 9.13. The normalized spacial score (nSPS) is 20.2. The molecule has 2 N–H and O–H groups in total. The number of nitrogens with zero attached hydrogens (tertiary/aromatic N) is 2. The second kappa shape index (κ2) is 4.19. The minimum atomic E-state index is -0.196. The van der Waals surface area contributed by atoms with Gasteiger partial charge in [-0.15, -0.1) is 0 Å². The molecule has 90 valence electrons. The molecule has 18 heavy (non-hydrogen) atoms. The van der Waals surface area contributed by atoms with Crippen LogP contribution in [0.4, 0.5) is 0 Å². The van der Waals surface area contributed by atoms with Gasteiger partial charge in [0.25, 0.3) is 5.91 Å². The Balaban J connectivity index is 1.94. The van der Waals surface area contributed by atoms with Gasteiger partial charge in [-0.25, -0.2) is 9.89 Å². The highest BCUT2D eigenvalue weighted by Gasteiger charge is 2.35. The number of nitrogens with two attached hydrogens (primary N) is 1. The Morgan fingerprint density at radius 3 is 2.72 bits per heavy atom. The zero-order chi connectivity index (χ0) is 12.7. The van der Waals surface area contributed by atoms with Gasteiger partial charge in [0.1, 0.15) is 11.5 Å². The van der Waals surface area contributed by atoms with Gasteiger partial charge in [-0.2, -0.15) is 0 Å². The van der Waals surface area contributed by atoms with Crippen LogP contribution < -0.4 is 5.73 Å². The number of carbonyl (C=O) groups excluding carboxylic acids is 1. The molecule has 2 aliphatic rings. The van der Waals surface area contributed by atoms with Crippen molar-refractivity contribution in [3.8, 4) is 0 Å². The summed E-state index contributed by atoms with van der Waals surface area (Å²) >= 11 is 7.15. The molecule has 0 aliphatic carbocycles. The Bertz CT molecular complexity index is 619. The molecular weight excluding hydrogens is 270 g/mol. The molecule has 4 nitrogen and oxygen atoms in total. The Labute approximate surface area is 113 Å². The third kappa shape index (κ3) is 1.81. The summed E-state index contributed by atoms with van der Waals surface area (Å²) in [5, 5.41) is 2.97. The van der Waals surface area contributed by atoms with Gasteiger partial charge in [-0.3, -0.25) is 4.79 Å². The first-order chi connectivity index (χ1) is 8.65. The summed E-state index contributed by atoms with van der Waals surface area (Å²) in [6, 6.07) is 7.20. The average molecular weight is 278 g/mol. The topological polar surface area (TPSA) is 58.7 Å². The molecule has 0 unspecified atom stereocenters. The number of thioether (sulfide) groups is 1. The number of hydrogen-bond donors (Lipinski definition) is 1. The average Bonchev–Trinajstić information content (AvgIpc) is 2.85. The highest BCUT2D eigenvalue weighted by atomic mass is 35.5. The molecule has 0 saturated heterocycles. The number of halogens is 1. The summed E-state index contributed by atoms with van der Waals surface area (Å²) in [5.74, 6) is 0.224. The van der Waals surface area contributed by atoms with Crippen LogP contribution in [0, 0.1) is 0 Å². The van der Waals surface area contributed by atoms with Crippen molar-refractivity contribution >= 4 is 40.5 Å². The van der Waals surface area contributed by atoms with Crippen LogP contribution in [-0.2, 0) is 4.79 Å². The van der Waals surface area contributed by atoms with Crippen molar-refractivity contribution < 1.29 is 4.79 Å². The maximum Gasteiger partial charge on any atom is 0.284 e. The third-order valence-electron chi connectivity index (χ3n) is 2.55. The van der Waals surface area contributed by atoms with Crippen LogP contribution >= 0.6 is 23.4 Å². The number of rotatable bonds is 1. The van der Waals surface area contributed by atoms with E-state index in [1.807, 2.05) is 12.1 Å². The molecule has 2 aliphatic heterocycles. The van der Waals surface area contributed by atoms with Crippen molar-refractivity contribution in [3.05, 3.63) is 51.8 Å². The second-order valence-corrected chi connectivity index (χ2v) is 5.05. The van der Waals surface area contributed by atoms with Crippen molar-refractivity contribution in [2.45, 2.75) is 0 Å². The standard InChI is InChI=1S/C12H8ClN3OS/c13-8-3-1-7(2-4-8)5-9-11(17)16-10(14)6-18-12(16)15-9/h1-6H,14H2/b9-5-. The number of amidine groups is 1. The monoisotopic (exact) mass is 277 g/mol. The van der Waals surface area contributed by atoms with Crippen molar-refractivity contribution in [3.63, 3.8) is 0 Å². The molecular formula is C12H8ClN3OS. The predicted molar refractivity (Wildman–Crippen MR) is 73.6 cm³/mol. The van der Waals surface area contributed by atoms with E-state index >= 15 is 0 Å². The molecule has 0 bridgehead atoms. The Morgan fingerprint density at radius 2 is 2.06 bits per heavy atom. The van der Waals surface area contributed by atoms with Gasteiger partial charge in [0.15, 0.2) is 5.17 Å². The zero-order valence-corrected chi connectivity index (χ0v) is 10.7. The van der Waals surface area contributed by atoms with Gasteiger partial charge < -0.3 is 5.73 Å². The highest BCUT2D eigenvalue weighted by Crippen LogP contribution is 2.31. The Hall–Kier alpha value is -1.72. The van der Waals surface area contributed by atoms with E-state index in [2.05, 4.69) is 4.99 Å². The quantitative estimate of drug-likeness (QED) is 0.802. The van der Waals surface area contributed by atoms with E-state index in [1.54, 1.807) is 23.6 Å². The summed E-state index contributed by atoms with van der Waals surface area (Å²) in [4.78, 5) is 17.7. The predicted octanol–water partition coefficient (Wildman–Crippen LogP) is 2.38. The van der Waals surface area contributed by atoms with Crippen LogP contribution in [0.2, 0.25) is 5.02 Å². The lowest BCUT2D eigenvalue weighted by Crippen LogP contribution is -2.30. The van der Waals surface area contributed by atoms with Gasteiger partial charge in [0, 0.05) is 10.4 Å². The molecule has 6 heteroatoms. The number of amides is 1. The van der Waals surface area contributed by atoms with Crippen molar-refractivity contribution in [2.24, 2.45) is 10.7 Å². The SMILES string of the molecule is NC1=CSC2=N/C(=C\c3ccc(Cl)cc3)C(=O)N12. The van der Waals surface area contributed by atoms with E-state index < -0.39 is 0 Å². The lowest BCUT2D eigenvalue weighted by molar-refractivity contribution is -0.121. The first kappa shape index (κ1) is 11.4. The number of fused-ring (bicyclic) bond motifs is 1. The lowest BCUT2D eigenvalue weighted by Gasteiger charge is -2.09. The third-order valence-corrected chi connectivity index (χ3v) is 3.64. The largest absolute Gasteiger partial charge is 0.384 e. The summed E-state index contributed by atoms with van der Waals surface area (Å²) in [6.45, 7) is 0. The lowest BCUT2D eigenvalue weighted by atomic mass is 10.2. The minimum Gasteiger partial charge on any atom is -0.384 e. The van der Waals surface area contributed by atoms with E-state index in [4.69, 9.17) is 17.3 Å². The smallest absolute Gasteiger partial charge is 0.284 e. The molecule has 3 rings (SSSR count). The van der Waals surface area contributed by atoms with E-state index in [1.165, 1.54) is 16.7 Å². The maximum atomic E-state index is 12.1. The van der Waals surface area contributed by atoms with E-state index in [0.717, 1.165) is 5.56 Å². The van der Waals surface area contributed by atoms with Crippen LogP contribution in [-0.4, -0.2) is 16.0 Å². The van der Waals surface area contributed by atoms with Gasteiger partial charge in [0.05, 0.1) is 0 Å². The summed E-state index contributed by atoms with van der Waals surface area (Å²) < 4.78 is 0. The van der Waals surface area contributed by atoms with Crippen molar-refractivity contribution in [2.75, 3.05) is 0 Å². The maximum absolute atomic E-state index is 12.1. The molecule has 0 saturated carbocycles. The number of aliphatic imine (C=N–C) groups is 1. The molecule has 0 radical (unpaired) electrons. The van der Waals surface area contributed by atoms with Gasteiger partial charge in [-0.1, -0.05) is 35.5 Å². The molecule has 0 aromatic heterocycles. The van der Waals surface area contributed by atoms with Gasteiger partial charge in [0.2, 0.25) is 0 Å². The highest BCUT2D eigenvalue weighted by molar-refractivity contribution is 8.16. The summed E-state index contributed by atoms with van der Waals surface area (Å²) in [5.41, 5.74) is 6.97. The van der Waals surface area contributed by atoms with Gasteiger partial charge in [-0.05, 0) is 23.8 Å². The molecule has 0 fully saturated rings. The first-order valence-electron chi connectivity index (χ1n) is 5.18. The number of benzene rings is 1. The van der Waals surface area contributed by atoms with Crippen LogP contribution in [0.1, 0.15) is 5.56 Å². The Morgan fingerprint density at radius 1 is 1.33 bits per heavy atom. The fourth-order valence-corrected chi connectivity index (χ4v) is 2.59. The number of hydrogen-bond acceptors (Lipinski definition) is 4. The van der Waals surface area contributed by atoms with Crippen LogP contribution in [0.5, 0.6) is 0 Å². The molecule has 1 amide bonds. The summed E-state index contributed by atoms with van der Waals surface area (Å²) in [6.07, 6.45) is 1.72. The molecule has 1 aromatic carbocycles. The van der Waals surface area contributed by atoms with E-state index in [9.17, 15) is 4.79 Å². The number of carbonyl (C=O) groups is 1. The second-order valence-electron chi connectivity index (χ2n) is 3.78. The molecule has 2 heterocycles. The Kier molecular flexibility index (Phi) is 2.65. The fraction of sp³-hybridized carbons (Fsp3) is 0. The van der Waals surface area contributed by atoms with E-state index in [-0.39, 0.29) is 5.91 Å². The van der Waals surface area contributed by atoms with Crippen molar-refractivity contribution in [1.82, 2.24) is 4.90 Å². The van der Waals surface area contributed by atoms with Crippen LogP contribution in [0.25, 0.3) is 6.08 Å². The first-order valence-corrected chi connectivity index (χ1v) is 6.43.